The Balaban J connectivity index is 1.59. The van der Waals surface area contributed by atoms with Gasteiger partial charge >= 0.3 is 6.18 Å². The Bertz CT molecular complexity index is 999. The standard InChI is InChI=1S/C20H17F3N4O/c21-20(22,23)19-24-16-9-5-4-8-15(16)17(25-19)26-10-12-27(13-11-26)18(28)14-6-2-1-3-7-14/h1-9H,10-13H2. The van der Waals surface area contributed by atoms with E-state index in [0.29, 0.717) is 37.1 Å². The third-order valence-electron chi connectivity index (χ3n) is 4.72. The molecule has 0 aliphatic carbocycles. The van der Waals surface area contributed by atoms with Gasteiger partial charge in [-0.05, 0) is 24.3 Å². The van der Waals surface area contributed by atoms with Crippen molar-refractivity contribution in [1.29, 1.82) is 0 Å². The summed E-state index contributed by atoms with van der Waals surface area (Å²) in [6.45, 7) is 1.62. The molecule has 0 bridgehead atoms. The van der Waals surface area contributed by atoms with Gasteiger partial charge in [-0.25, -0.2) is 9.97 Å². The molecule has 8 heteroatoms. The summed E-state index contributed by atoms with van der Waals surface area (Å²) in [5.74, 6) is -0.975. The van der Waals surface area contributed by atoms with Crippen molar-refractivity contribution in [2.45, 2.75) is 6.18 Å². The predicted molar refractivity (Wildman–Crippen MR) is 99.1 cm³/mol. The highest BCUT2D eigenvalue weighted by molar-refractivity contribution is 5.94. The molecule has 2 aromatic carbocycles. The smallest absolute Gasteiger partial charge is 0.352 e. The van der Waals surface area contributed by atoms with Crippen molar-refractivity contribution in [2.75, 3.05) is 31.1 Å². The third-order valence-corrected chi connectivity index (χ3v) is 4.72. The maximum atomic E-state index is 13.2. The number of amides is 1. The highest BCUT2D eigenvalue weighted by atomic mass is 19.4. The summed E-state index contributed by atoms with van der Waals surface area (Å²) in [5, 5.41) is 0.568. The minimum absolute atomic E-state index is 0.0798. The van der Waals surface area contributed by atoms with Crippen LogP contribution in [0.2, 0.25) is 0 Å². The van der Waals surface area contributed by atoms with Crippen LogP contribution in [0.4, 0.5) is 19.0 Å². The van der Waals surface area contributed by atoms with E-state index in [2.05, 4.69) is 9.97 Å². The Morgan fingerprint density at radius 3 is 2.18 bits per heavy atom. The largest absolute Gasteiger partial charge is 0.451 e. The van der Waals surface area contributed by atoms with Crippen LogP contribution in [-0.4, -0.2) is 47.0 Å². The van der Waals surface area contributed by atoms with E-state index in [-0.39, 0.29) is 17.2 Å². The van der Waals surface area contributed by atoms with Gasteiger partial charge in [0.1, 0.15) is 5.82 Å². The number of fused-ring (bicyclic) bond motifs is 1. The van der Waals surface area contributed by atoms with E-state index in [1.54, 1.807) is 58.3 Å². The van der Waals surface area contributed by atoms with Crippen LogP contribution in [0.5, 0.6) is 0 Å². The molecular formula is C20H17F3N4O. The Labute approximate surface area is 159 Å². The molecule has 1 saturated heterocycles. The highest BCUT2D eigenvalue weighted by Gasteiger charge is 2.36. The fourth-order valence-electron chi connectivity index (χ4n) is 3.31. The summed E-state index contributed by atoms with van der Waals surface area (Å²) in [4.78, 5) is 23.5. The molecule has 1 aromatic heterocycles. The number of aromatic nitrogens is 2. The van der Waals surface area contributed by atoms with Gasteiger partial charge in [0.15, 0.2) is 0 Å². The summed E-state index contributed by atoms with van der Waals surface area (Å²) in [6.07, 6.45) is -4.62. The Morgan fingerprint density at radius 2 is 1.50 bits per heavy atom. The molecule has 0 radical (unpaired) electrons. The topological polar surface area (TPSA) is 49.3 Å². The maximum Gasteiger partial charge on any atom is 0.451 e. The molecule has 2 heterocycles. The number of hydrogen-bond acceptors (Lipinski definition) is 4. The minimum Gasteiger partial charge on any atom is -0.352 e. The number of piperazine rings is 1. The van der Waals surface area contributed by atoms with Gasteiger partial charge < -0.3 is 9.80 Å². The van der Waals surface area contributed by atoms with Gasteiger partial charge in [-0.1, -0.05) is 30.3 Å². The predicted octanol–water partition coefficient (Wildman–Crippen LogP) is 3.61. The number of alkyl halides is 3. The van der Waals surface area contributed by atoms with Crippen molar-refractivity contribution < 1.29 is 18.0 Å². The van der Waals surface area contributed by atoms with Gasteiger partial charge in [0.25, 0.3) is 5.91 Å². The first kappa shape index (κ1) is 18.2. The average Bonchev–Trinajstić information content (AvgIpc) is 2.72. The number of para-hydroxylation sites is 1. The second-order valence-electron chi connectivity index (χ2n) is 6.53. The molecule has 144 valence electrons. The van der Waals surface area contributed by atoms with Gasteiger partial charge in [0.05, 0.1) is 5.52 Å². The lowest BCUT2D eigenvalue weighted by Crippen LogP contribution is -2.49. The second kappa shape index (κ2) is 7.10. The number of carbonyl (C=O) groups is 1. The molecule has 1 amide bonds. The highest BCUT2D eigenvalue weighted by Crippen LogP contribution is 2.32. The number of carbonyl (C=O) groups excluding carboxylic acids is 1. The Hall–Kier alpha value is -3.16. The normalized spacial score (nSPS) is 15.1. The summed E-state index contributed by atoms with van der Waals surface area (Å²) < 4.78 is 39.7. The van der Waals surface area contributed by atoms with Crippen LogP contribution in [0.25, 0.3) is 10.9 Å². The summed E-state index contributed by atoms with van der Waals surface area (Å²) in [5.41, 5.74) is 0.852. The number of halogens is 3. The molecule has 0 N–H and O–H groups in total. The molecule has 3 aromatic rings. The van der Waals surface area contributed by atoms with Crippen LogP contribution >= 0.6 is 0 Å². The lowest BCUT2D eigenvalue weighted by Gasteiger charge is -2.36. The molecule has 0 spiro atoms. The second-order valence-corrected chi connectivity index (χ2v) is 6.53. The number of nitrogens with zero attached hydrogens (tertiary/aromatic N) is 4. The van der Waals surface area contributed by atoms with Crippen LogP contribution in [0.15, 0.2) is 54.6 Å². The van der Waals surface area contributed by atoms with Crippen LogP contribution < -0.4 is 4.90 Å². The SMILES string of the molecule is O=C(c1ccccc1)N1CCN(c2nc(C(F)(F)F)nc3ccccc23)CC1. The molecule has 1 aliphatic rings. The third kappa shape index (κ3) is 3.49. The van der Waals surface area contributed by atoms with Crippen LogP contribution in [0.1, 0.15) is 16.2 Å². The molecule has 0 saturated carbocycles. The van der Waals surface area contributed by atoms with Crippen LogP contribution in [-0.2, 0) is 6.18 Å². The number of benzene rings is 2. The van der Waals surface area contributed by atoms with Crippen molar-refractivity contribution in [1.82, 2.24) is 14.9 Å². The van der Waals surface area contributed by atoms with E-state index >= 15 is 0 Å². The zero-order valence-corrected chi connectivity index (χ0v) is 14.9. The van der Waals surface area contributed by atoms with Crippen LogP contribution in [0, 0.1) is 0 Å². The molecule has 1 fully saturated rings. The molecule has 4 rings (SSSR count). The zero-order valence-electron chi connectivity index (χ0n) is 14.9. The first-order valence-electron chi connectivity index (χ1n) is 8.87. The summed E-state index contributed by atoms with van der Waals surface area (Å²) in [7, 11) is 0. The monoisotopic (exact) mass is 386 g/mol. The van der Waals surface area contributed by atoms with E-state index < -0.39 is 12.0 Å². The van der Waals surface area contributed by atoms with Crippen molar-refractivity contribution in [3.8, 4) is 0 Å². The molecule has 28 heavy (non-hydrogen) atoms. The Kier molecular flexibility index (Phi) is 4.62. The maximum absolute atomic E-state index is 13.2. The molecule has 0 atom stereocenters. The van der Waals surface area contributed by atoms with Crippen LogP contribution in [0.3, 0.4) is 0 Å². The van der Waals surface area contributed by atoms with Gasteiger partial charge in [-0.15, -0.1) is 0 Å². The zero-order chi connectivity index (χ0) is 19.7. The van der Waals surface area contributed by atoms with Crippen molar-refractivity contribution in [3.05, 3.63) is 66.0 Å². The van der Waals surface area contributed by atoms with E-state index in [1.165, 1.54) is 0 Å². The average molecular weight is 386 g/mol. The lowest BCUT2D eigenvalue weighted by atomic mass is 10.1. The van der Waals surface area contributed by atoms with Gasteiger partial charge in [-0.3, -0.25) is 4.79 Å². The van der Waals surface area contributed by atoms with Gasteiger partial charge in [-0.2, -0.15) is 13.2 Å². The van der Waals surface area contributed by atoms with E-state index in [0.717, 1.165) is 0 Å². The fourth-order valence-corrected chi connectivity index (χ4v) is 3.31. The van der Waals surface area contributed by atoms with E-state index in [9.17, 15) is 18.0 Å². The first-order valence-corrected chi connectivity index (χ1v) is 8.87. The molecule has 0 unspecified atom stereocenters. The molecule has 5 nitrogen and oxygen atoms in total. The molecular weight excluding hydrogens is 369 g/mol. The van der Waals surface area contributed by atoms with Gasteiger partial charge in [0, 0.05) is 37.1 Å². The number of rotatable bonds is 2. The summed E-state index contributed by atoms with van der Waals surface area (Å²) in [6, 6.07) is 15.6. The van der Waals surface area contributed by atoms with E-state index in [4.69, 9.17) is 0 Å². The number of hydrogen-bond donors (Lipinski definition) is 0. The molecule has 1 aliphatic heterocycles. The fraction of sp³-hybridized carbons (Fsp3) is 0.250. The minimum atomic E-state index is -4.62. The van der Waals surface area contributed by atoms with Crippen molar-refractivity contribution in [2.24, 2.45) is 0 Å². The van der Waals surface area contributed by atoms with Gasteiger partial charge in [0.2, 0.25) is 5.82 Å². The summed E-state index contributed by atoms with van der Waals surface area (Å²) >= 11 is 0. The Morgan fingerprint density at radius 1 is 0.857 bits per heavy atom. The quantitative estimate of drug-likeness (QED) is 0.675. The van der Waals surface area contributed by atoms with Crippen molar-refractivity contribution >= 4 is 22.6 Å². The van der Waals surface area contributed by atoms with Crippen molar-refractivity contribution in [3.63, 3.8) is 0 Å². The number of anilines is 1. The first-order chi connectivity index (χ1) is 13.4. The van der Waals surface area contributed by atoms with E-state index in [1.807, 2.05) is 6.07 Å². The lowest BCUT2D eigenvalue weighted by molar-refractivity contribution is -0.144.